The van der Waals surface area contributed by atoms with Gasteiger partial charge in [0.25, 0.3) is 10.0 Å². The Balaban J connectivity index is 2.00. The Labute approximate surface area is 158 Å². The first kappa shape index (κ1) is 19.5. The van der Waals surface area contributed by atoms with Gasteiger partial charge in [-0.25, -0.2) is 8.42 Å². The maximum atomic E-state index is 12.4. The van der Waals surface area contributed by atoms with E-state index in [0.717, 1.165) is 25.1 Å². The standard InChI is InChI=1S/C17H20ClN3O2S2/c1-2-3-12-19-17(24)20-14-8-10-16(11-9-14)25(22,23)21-15-6-4-13(18)5-7-15/h4-11,21H,2-3,12H2,1H3,(H2,19,20,24). The summed E-state index contributed by atoms with van der Waals surface area (Å²) in [7, 11) is -3.66. The minimum absolute atomic E-state index is 0.165. The number of unbranched alkanes of at least 4 members (excludes halogenated alkanes) is 1. The third-order valence-electron chi connectivity index (χ3n) is 3.33. The van der Waals surface area contributed by atoms with E-state index in [4.69, 9.17) is 23.8 Å². The van der Waals surface area contributed by atoms with Crippen molar-refractivity contribution < 1.29 is 8.42 Å². The highest BCUT2D eigenvalue weighted by Crippen LogP contribution is 2.19. The van der Waals surface area contributed by atoms with Crippen LogP contribution in [0.5, 0.6) is 0 Å². The molecule has 0 aliphatic carbocycles. The fourth-order valence-electron chi connectivity index (χ4n) is 2.00. The lowest BCUT2D eigenvalue weighted by molar-refractivity contribution is 0.601. The molecule has 0 fully saturated rings. The van der Waals surface area contributed by atoms with Gasteiger partial charge in [0.2, 0.25) is 0 Å². The van der Waals surface area contributed by atoms with Crippen molar-refractivity contribution in [2.45, 2.75) is 24.7 Å². The summed E-state index contributed by atoms with van der Waals surface area (Å²) in [5.41, 5.74) is 1.17. The Kier molecular flexibility index (Phi) is 7.04. The molecule has 0 saturated carbocycles. The van der Waals surface area contributed by atoms with Gasteiger partial charge >= 0.3 is 0 Å². The molecule has 0 spiro atoms. The van der Waals surface area contributed by atoms with Gasteiger partial charge in [0.05, 0.1) is 4.90 Å². The summed E-state index contributed by atoms with van der Waals surface area (Å²) < 4.78 is 27.3. The van der Waals surface area contributed by atoms with E-state index >= 15 is 0 Å². The number of rotatable bonds is 7. The van der Waals surface area contributed by atoms with Gasteiger partial charge in [-0.2, -0.15) is 0 Å². The zero-order chi connectivity index (χ0) is 18.3. The molecule has 2 aromatic rings. The zero-order valence-electron chi connectivity index (χ0n) is 13.8. The first-order chi connectivity index (χ1) is 11.9. The predicted molar refractivity (Wildman–Crippen MR) is 108 cm³/mol. The van der Waals surface area contributed by atoms with E-state index in [1.807, 2.05) is 0 Å². The first-order valence-corrected chi connectivity index (χ1v) is 10.1. The molecule has 0 atom stereocenters. The van der Waals surface area contributed by atoms with E-state index in [-0.39, 0.29) is 4.90 Å². The Hall–Kier alpha value is -1.83. The van der Waals surface area contributed by atoms with Crippen LogP contribution in [-0.2, 0) is 10.0 Å². The number of nitrogens with one attached hydrogen (secondary N) is 3. The van der Waals surface area contributed by atoms with Crippen molar-refractivity contribution in [1.82, 2.24) is 5.32 Å². The number of hydrogen-bond acceptors (Lipinski definition) is 3. The molecule has 0 aromatic heterocycles. The van der Waals surface area contributed by atoms with Crippen molar-refractivity contribution in [2.24, 2.45) is 0 Å². The molecule has 5 nitrogen and oxygen atoms in total. The molecule has 2 aromatic carbocycles. The highest BCUT2D eigenvalue weighted by Gasteiger charge is 2.14. The Morgan fingerprint density at radius 3 is 2.24 bits per heavy atom. The second-order valence-corrected chi connectivity index (χ2v) is 7.90. The molecule has 0 bridgehead atoms. The Bertz CT molecular complexity index is 807. The van der Waals surface area contributed by atoms with Crippen LogP contribution in [0, 0.1) is 0 Å². The van der Waals surface area contributed by atoms with Gasteiger partial charge in [0, 0.05) is 22.9 Å². The van der Waals surface area contributed by atoms with E-state index in [0.29, 0.717) is 15.8 Å². The van der Waals surface area contributed by atoms with E-state index in [1.165, 1.54) is 12.1 Å². The summed E-state index contributed by atoms with van der Waals surface area (Å²) in [6.45, 7) is 2.91. The fourth-order valence-corrected chi connectivity index (χ4v) is 3.41. The van der Waals surface area contributed by atoms with Gasteiger partial charge in [-0.05, 0) is 67.2 Å². The average Bonchev–Trinajstić information content (AvgIpc) is 2.57. The van der Waals surface area contributed by atoms with Crippen molar-refractivity contribution >= 4 is 50.3 Å². The molecule has 0 unspecified atom stereocenters. The molecule has 0 heterocycles. The normalized spacial score (nSPS) is 11.0. The summed E-state index contributed by atoms with van der Waals surface area (Å²) in [4.78, 5) is 0.165. The summed E-state index contributed by atoms with van der Waals surface area (Å²) in [6, 6.07) is 12.9. The molecule has 0 aliphatic heterocycles. The SMILES string of the molecule is CCCCNC(=S)Nc1ccc(S(=O)(=O)Nc2ccc(Cl)cc2)cc1. The van der Waals surface area contributed by atoms with Crippen molar-refractivity contribution in [2.75, 3.05) is 16.6 Å². The van der Waals surface area contributed by atoms with Crippen LogP contribution >= 0.6 is 23.8 Å². The third-order valence-corrected chi connectivity index (χ3v) is 5.23. The van der Waals surface area contributed by atoms with E-state index in [1.54, 1.807) is 36.4 Å². The lowest BCUT2D eigenvalue weighted by atomic mass is 10.3. The monoisotopic (exact) mass is 397 g/mol. The van der Waals surface area contributed by atoms with Crippen LogP contribution in [0.15, 0.2) is 53.4 Å². The molecular formula is C17H20ClN3O2S2. The molecule has 134 valence electrons. The smallest absolute Gasteiger partial charge is 0.261 e. The molecular weight excluding hydrogens is 378 g/mol. The lowest BCUT2D eigenvalue weighted by Crippen LogP contribution is -2.29. The van der Waals surface area contributed by atoms with Crippen LogP contribution in [-0.4, -0.2) is 20.1 Å². The summed E-state index contributed by atoms with van der Waals surface area (Å²) in [6.07, 6.45) is 2.12. The van der Waals surface area contributed by atoms with Crippen molar-refractivity contribution in [3.8, 4) is 0 Å². The number of sulfonamides is 1. The van der Waals surface area contributed by atoms with Crippen LogP contribution in [0.4, 0.5) is 11.4 Å². The van der Waals surface area contributed by atoms with Crippen LogP contribution in [0.3, 0.4) is 0 Å². The maximum Gasteiger partial charge on any atom is 0.261 e. The van der Waals surface area contributed by atoms with Gasteiger partial charge in [-0.3, -0.25) is 4.72 Å². The Morgan fingerprint density at radius 2 is 1.64 bits per heavy atom. The molecule has 3 N–H and O–H groups in total. The first-order valence-electron chi connectivity index (χ1n) is 7.84. The second-order valence-electron chi connectivity index (χ2n) is 5.37. The molecule has 0 saturated heterocycles. The number of benzene rings is 2. The lowest BCUT2D eigenvalue weighted by Gasteiger charge is -2.11. The fraction of sp³-hybridized carbons (Fsp3) is 0.235. The van der Waals surface area contributed by atoms with Crippen molar-refractivity contribution in [1.29, 1.82) is 0 Å². The molecule has 25 heavy (non-hydrogen) atoms. The highest BCUT2D eigenvalue weighted by atomic mass is 35.5. The van der Waals surface area contributed by atoms with Gasteiger partial charge in [0.15, 0.2) is 5.11 Å². The molecule has 8 heteroatoms. The minimum Gasteiger partial charge on any atom is -0.362 e. The second kappa shape index (κ2) is 9.03. The van der Waals surface area contributed by atoms with Crippen LogP contribution in [0.1, 0.15) is 19.8 Å². The quantitative estimate of drug-likeness (QED) is 0.481. The Morgan fingerprint density at radius 1 is 1.04 bits per heavy atom. The molecule has 0 aliphatic rings. The van der Waals surface area contributed by atoms with Crippen LogP contribution in [0.2, 0.25) is 5.02 Å². The molecule has 0 amide bonds. The number of hydrogen-bond donors (Lipinski definition) is 3. The summed E-state index contributed by atoms with van der Waals surface area (Å²) >= 11 is 11.0. The largest absolute Gasteiger partial charge is 0.362 e. The average molecular weight is 398 g/mol. The molecule has 0 radical (unpaired) electrons. The van der Waals surface area contributed by atoms with Gasteiger partial charge in [-0.15, -0.1) is 0 Å². The summed E-state index contributed by atoms with van der Waals surface area (Å²) in [5, 5.41) is 7.18. The molecule has 2 rings (SSSR count). The van der Waals surface area contributed by atoms with Crippen LogP contribution in [0.25, 0.3) is 0 Å². The minimum atomic E-state index is -3.66. The van der Waals surface area contributed by atoms with Crippen LogP contribution < -0.4 is 15.4 Å². The topological polar surface area (TPSA) is 70.2 Å². The van der Waals surface area contributed by atoms with Crippen molar-refractivity contribution in [3.63, 3.8) is 0 Å². The van der Waals surface area contributed by atoms with E-state index < -0.39 is 10.0 Å². The van der Waals surface area contributed by atoms with E-state index in [2.05, 4.69) is 22.3 Å². The van der Waals surface area contributed by atoms with Gasteiger partial charge < -0.3 is 10.6 Å². The van der Waals surface area contributed by atoms with Gasteiger partial charge in [0.1, 0.15) is 0 Å². The number of halogens is 1. The third kappa shape index (κ3) is 6.19. The summed E-state index contributed by atoms with van der Waals surface area (Å²) in [5.74, 6) is 0. The van der Waals surface area contributed by atoms with E-state index in [9.17, 15) is 8.42 Å². The number of anilines is 2. The predicted octanol–water partition coefficient (Wildman–Crippen LogP) is 4.23. The maximum absolute atomic E-state index is 12.4. The number of thiocarbonyl (C=S) groups is 1. The highest BCUT2D eigenvalue weighted by molar-refractivity contribution is 7.92. The van der Waals surface area contributed by atoms with Gasteiger partial charge in [-0.1, -0.05) is 24.9 Å². The van der Waals surface area contributed by atoms with Crippen molar-refractivity contribution in [3.05, 3.63) is 53.6 Å². The zero-order valence-corrected chi connectivity index (χ0v) is 16.1.